The van der Waals surface area contributed by atoms with Crippen molar-refractivity contribution in [1.29, 1.82) is 0 Å². The molecule has 0 radical (unpaired) electrons. The molecule has 1 aromatic carbocycles. The van der Waals surface area contributed by atoms with Crippen LogP contribution in [0.25, 0.3) is 0 Å². The van der Waals surface area contributed by atoms with Crippen molar-refractivity contribution in [2.75, 3.05) is 0 Å². The Kier molecular flexibility index (Phi) is 3.27. The first-order valence-corrected chi connectivity index (χ1v) is 5.75. The average Bonchev–Trinajstić information content (AvgIpc) is 2.15. The molecule has 15 heavy (non-hydrogen) atoms. The Labute approximate surface area is 94.4 Å². The van der Waals surface area contributed by atoms with Gasteiger partial charge in [0, 0.05) is 11.6 Å². The molecule has 2 rings (SSSR count). The van der Waals surface area contributed by atoms with E-state index in [1.54, 1.807) is 18.2 Å². The van der Waals surface area contributed by atoms with Crippen molar-refractivity contribution in [3.63, 3.8) is 0 Å². The second-order valence-corrected chi connectivity index (χ2v) is 4.69. The summed E-state index contributed by atoms with van der Waals surface area (Å²) in [6.45, 7) is 0. The summed E-state index contributed by atoms with van der Waals surface area (Å²) in [7, 11) is 0. The second-order valence-electron chi connectivity index (χ2n) is 4.28. The van der Waals surface area contributed by atoms with E-state index >= 15 is 0 Å². The van der Waals surface area contributed by atoms with Crippen LogP contribution in [0.1, 0.15) is 37.3 Å². The predicted octanol–water partition coefficient (Wildman–Crippen LogP) is 3.67. The van der Waals surface area contributed by atoms with Crippen molar-refractivity contribution in [3.05, 3.63) is 34.6 Å². The summed E-state index contributed by atoms with van der Waals surface area (Å²) < 4.78 is 13.6. The number of benzene rings is 1. The third-order valence-corrected chi connectivity index (χ3v) is 3.48. The number of hydrogen-bond acceptors (Lipinski definition) is 1. The zero-order valence-corrected chi connectivity index (χ0v) is 9.30. The lowest BCUT2D eigenvalue weighted by Gasteiger charge is -2.28. The number of nitrogens with two attached hydrogens (primary N) is 1. The van der Waals surface area contributed by atoms with Gasteiger partial charge in [0.25, 0.3) is 0 Å². The topological polar surface area (TPSA) is 26.0 Å². The molecule has 0 spiro atoms. The normalized spacial score (nSPS) is 18.6. The number of hydrogen-bond donors (Lipinski definition) is 1. The van der Waals surface area contributed by atoms with Crippen LogP contribution in [0.5, 0.6) is 0 Å². The molecule has 3 heteroatoms. The summed E-state index contributed by atoms with van der Waals surface area (Å²) >= 11 is 5.71. The molecule has 0 aromatic heterocycles. The fourth-order valence-corrected chi connectivity index (χ4v) is 2.20. The summed E-state index contributed by atoms with van der Waals surface area (Å²) in [6.07, 6.45) is 4.62. The maximum absolute atomic E-state index is 13.6. The van der Waals surface area contributed by atoms with Gasteiger partial charge in [-0.15, -0.1) is 0 Å². The van der Waals surface area contributed by atoms with E-state index in [0.29, 0.717) is 11.5 Å². The first kappa shape index (κ1) is 10.9. The first-order valence-electron chi connectivity index (χ1n) is 5.38. The van der Waals surface area contributed by atoms with E-state index in [0.717, 1.165) is 6.42 Å². The Morgan fingerprint density at radius 1 is 1.47 bits per heavy atom. The van der Waals surface area contributed by atoms with E-state index in [4.69, 9.17) is 17.3 Å². The molecule has 1 atom stereocenters. The van der Waals surface area contributed by atoms with Crippen LogP contribution in [-0.4, -0.2) is 0 Å². The van der Waals surface area contributed by atoms with Gasteiger partial charge in [-0.2, -0.15) is 0 Å². The SMILES string of the molecule is NC(CC1CCC1)c1cccc(Cl)c1F. The van der Waals surface area contributed by atoms with Crippen molar-refractivity contribution < 1.29 is 4.39 Å². The van der Waals surface area contributed by atoms with Gasteiger partial charge < -0.3 is 5.73 Å². The third kappa shape index (κ3) is 2.32. The summed E-state index contributed by atoms with van der Waals surface area (Å²) in [5.41, 5.74) is 6.53. The van der Waals surface area contributed by atoms with Crippen molar-refractivity contribution in [2.45, 2.75) is 31.7 Å². The smallest absolute Gasteiger partial charge is 0.146 e. The molecule has 82 valence electrons. The van der Waals surface area contributed by atoms with Gasteiger partial charge in [0.15, 0.2) is 0 Å². The van der Waals surface area contributed by atoms with E-state index in [9.17, 15) is 4.39 Å². The lowest BCUT2D eigenvalue weighted by Crippen LogP contribution is -2.20. The highest BCUT2D eigenvalue weighted by Gasteiger charge is 2.22. The quantitative estimate of drug-likeness (QED) is 0.838. The lowest BCUT2D eigenvalue weighted by molar-refractivity contribution is 0.275. The van der Waals surface area contributed by atoms with E-state index < -0.39 is 0 Å². The highest BCUT2D eigenvalue weighted by molar-refractivity contribution is 6.30. The first-order chi connectivity index (χ1) is 7.18. The van der Waals surface area contributed by atoms with E-state index in [-0.39, 0.29) is 16.9 Å². The second kappa shape index (κ2) is 4.50. The maximum atomic E-state index is 13.6. The minimum Gasteiger partial charge on any atom is -0.324 e. The number of halogens is 2. The highest BCUT2D eigenvalue weighted by atomic mass is 35.5. The maximum Gasteiger partial charge on any atom is 0.146 e. The summed E-state index contributed by atoms with van der Waals surface area (Å²) in [5.74, 6) is 0.323. The molecular formula is C12H15ClFN. The largest absolute Gasteiger partial charge is 0.324 e. The van der Waals surface area contributed by atoms with Crippen LogP contribution < -0.4 is 5.73 Å². The van der Waals surface area contributed by atoms with E-state index in [1.165, 1.54) is 19.3 Å². The molecule has 2 N–H and O–H groups in total. The van der Waals surface area contributed by atoms with Gasteiger partial charge in [-0.3, -0.25) is 0 Å². The van der Waals surface area contributed by atoms with Gasteiger partial charge in [0.05, 0.1) is 5.02 Å². The van der Waals surface area contributed by atoms with Crippen LogP contribution in [0.15, 0.2) is 18.2 Å². The zero-order valence-electron chi connectivity index (χ0n) is 8.55. The average molecular weight is 228 g/mol. The molecule has 0 amide bonds. The van der Waals surface area contributed by atoms with Gasteiger partial charge in [0.1, 0.15) is 5.82 Å². The van der Waals surface area contributed by atoms with Crippen LogP contribution in [0.2, 0.25) is 5.02 Å². The van der Waals surface area contributed by atoms with Gasteiger partial charge in [0.2, 0.25) is 0 Å². The monoisotopic (exact) mass is 227 g/mol. The minimum atomic E-state index is -0.356. The molecule has 1 aromatic rings. The lowest BCUT2D eigenvalue weighted by atomic mass is 9.80. The van der Waals surface area contributed by atoms with Gasteiger partial charge in [-0.25, -0.2) is 4.39 Å². The van der Waals surface area contributed by atoms with Crippen molar-refractivity contribution in [3.8, 4) is 0 Å². The fourth-order valence-electron chi connectivity index (χ4n) is 2.02. The van der Waals surface area contributed by atoms with Crippen LogP contribution in [0, 0.1) is 11.7 Å². The molecule has 1 nitrogen and oxygen atoms in total. The van der Waals surface area contributed by atoms with Crippen molar-refractivity contribution >= 4 is 11.6 Å². The fraction of sp³-hybridized carbons (Fsp3) is 0.500. The molecule has 0 aliphatic heterocycles. The van der Waals surface area contributed by atoms with Gasteiger partial charge in [-0.05, 0) is 18.4 Å². The molecule has 1 saturated carbocycles. The van der Waals surface area contributed by atoms with E-state index in [2.05, 4.69) is 0 Å². The summed E-state index contributed by atoms with van der Waals surface area (Å²) in [5, 5.41) is 0.163. The standard InChI is InChI=1S/C12H15ClFN/c13-10-6-2-5-9(12(10)14)11(15)7-8-3-1-4-8/h2,5-6,8,11H,1,3-4,7,15H2. The Bertz CT molecular complexity index is 349. The van der Waals surface area contributed by atoms with Crippen LogP contribution in [0.3, 0.4) is 0 Å². The van der Waals surface area contributed by atoms with Crippen LogP contribution in [0.4, 0.5) is 4.39 Å². The van der Waals surface area contributed by atoms with Gasteiger partial charge in [-0.1, -0.05) is 43.0 Å². The summed E-state index contributed by atoms with van der Waals surface area (Å²) in [4.78, 5) is 0. The minimum absolute atomic E-state index is 0.163. The zero-order chi connectivity index (χ0) is 10.8. The highest BCUT2D eigenvalue weighted by Crippen LogP contribution is 2.35. The third-order valence-electron chi connectivity index (χ3n) is 3.19. The van der Waals surface area contributed by atoms with Crippen molar-refractivity contribution in [2.24, 2.45) is 11.7 Å². The molecule has 0 saturated heterocycles. The predicted molar refractivity (Wildman–Crippen MR) is 60.3 cm³/mol. The Hall–Kier alpha value is -0.600. The van der Waals surface area contributed by atoms with Crippen LogP contribution in [-0.2, 0) is 0 Å². The molecule has 1 fully saturated rings. The Morgan fingerprint density at radius 2 is 2.20 bits per heavy atom. The molecule has 1 unspecified atom stereocenters. The number of rotatable bonds is 3. The van der Waals surface area contributed by atoms with Crippen LogP contribution >= 0.6 is 11.6 Å². The molecule has 0 heterocycles. The van der Waals surface area contributed by atoms with E-state index in [1.807, 2.05) is 0 Å². The molecule has 0 bridgehead atoms. The van der Waals surface area contributed by atoms with Gasteiger partial charge >= 0.3 is 0 Å². The molecule has 1 aliphatic carbocycles. The molecular weight excluding hydrogens is 213 g/mol. The molecule has 1 aliphatic rings. The van der Waals surface area contributed by atoms with Crippen molar-refractivity contribution in [1.82, 2.24) is 0 Å². The summed E-state index contributed by atoms with van der Waals surface area (Å²) in [6, 6.07) is 4.82. The Morgan fingerprint density at radius 3 is 2.80 bits per heavy atom. The Balaban J connectivity index is 2.09.